The second-order valence-corrected chi connectivity index (χ2v) is 5.52. The van der Waals surface area contributed by atoms with Crippen LogP contribution in [0.3, 0.4) is 0 Å². The van der Waals surface area contributed by atoms with E-state index in [-0.39, 0.29) is 0 Å². The molecule has 1 rings (SSSR count). The molecule has 0 fully saturated rings. The first-order valence-corrected chi connectivity index (χ1v) is 8.03. The number of rotatable bonds is 11. The van der Waals surface area contributed by atoms with Crippen molar-refractivity contribution in [1.29, 1.82) is 0 Å². The Balaban J connectivity index is 1.74. The Morgan fingerprint density at radius 2 is 1.41 bits per heavy atom. The number of hydrogen-bond acceptors (Lipinski definition) is 1. The van der Waals surface area contributed by atoms with E-state index in [1.54, 1.807) is 5.57 Å². The van der Waals surface area contributed by atoms with E-state index in [1.165, 1.54) is 70.6 Å². The summed E-state index contributed by atoms with van der Waals surface area (Å²) in [5.41, 5.74) is 1.57. The van der Waals surface area contributed by atoms with Crippen molar-refractivity contribution in [2.45, 2.75) is 70.6 Å². The molecule has 0 N–H and O–H groups in total. The van der Waals surface area contributed by atoms with Gasteiger partial charge in [0.2, 0.25) is 0 Å². The van der Waals surface area contributed by atoms with E-state index < -0.39 is 0 Å². The summed E-state index contributed by atoms with van der Waals surface area (Å²) in [6.45, 7) is 0. The topological polar surface area (TPSA) is 0 Å². The van der Waals surface area contributed by atoms with Crippen LogP contribution < -0.4 is 0 Å². The van der Waals surface area contributed by atoms with Gasteiger partial charge < -0.3 is 0 Å². The zero-order valence-electron chi connectivity index (χ0n) is 11.2. The molecule has 0 atom stereocenters. The first-order valence-electron chi connectivity index (χ1n) is 7.40. The van der Waals surface area contributed by atoms with Crippen LogP contribution in [0.15, 0.2) is 23.8 Å². The van der Waals surface area contributed by atoms with E-state index >= 15 is 0 Å². The maximum atomic E-state index is 4.23. The molecule has 0 spiro atoms. The molecule has 0 heterocycles. The van der Waals surface area contributed by atoms with Crippen LogP contribution in [0, 0.1) is 0 Å². The van der Waals surface area contributed by atoms with Gasteiger partial charge in [-0.1, -0.05) is 68.7 Å². The Kier molecular flexibility index (Phi) is 9.59. The molecule has 1 aliphatic rings. The Labute approximate surface area is 113 Å². The first-order chi connectivity index (χ1) is 8.43. The molecule has 0 saturated carbocycles. The Morgan fingerprint density at radius 1 is 0.824 bits per heavy atom. The van der Waals surface area contributed by atoms with Crippen LogP contribution in [0.5, 0.6) is 0 Å². The highest BCUT2D eigenvalue weighted by molar-refractivity contribution is 7.80. The fourth-order valence-electron chi connectivity index (χ4n) is 2.37. The highest BCUT2D eigenvalue weighted by atomic mass is 32.1. The molecule has 0 aromatic heterocycles. The van der Waals surface area contributed by atoms with Crippen LogP contribution in [-0.4, -0.2) is 5.75 Å². The minimum absolute atomic E-state index is 1.06. The maximum absolute atomic E-state index is 4.23. The number of thiol groups is 1. The molecular formula is C16H28S. The molecule has 0 amide bonds. The van der Waals surface area contributed by atoms with Crippen molar-refractivity contribution in [1.82, 2.24) is 0 Å². The summed E-state index contributed by atoms with van der Waals surface area (Å²) in [4.78, 5) is 0. The van der Waals surface area contributed by atoms with E-state index in [9.17, 15) is 0 Å². The maximum Gasteiger partial charge on any atom is -0.00979 e. The third-order valence-electron chi connectivity index (χ3n) is 3.47. The van der Waals surface area contributed by atoms with Crippen LogP contribution in [0.4, 0.5) is 0 Å². The van der Waals surface area contributed by atoms with E-state index in [0.29, 0.717) is 0 Å². The lowest BCUT2D eigenvalue weighted by atomic mass is 10.0. The van der Waals surface area contributed by atoms with Crippen molar-refractivity contribution >= 4 is 12.6 Å². The van der Waals surface area contributed by atoms with Crippen molar-refractivity contribution in [2.24, 2.45) is 0 Å². The van der Waals surface area contributed by atoms with Gasteiger partial charge >= 0.3 is 0 Å². The predicted molar refractivity (Wildman–Crippen MR) is 81.9 cm³/mol. The largest absolute Gasteiger partial charge is 0.179 e. The van der Waals surface area contributed by atoms with Gasteiger partial charge in [0.25, 0.3) is 0 Å². The molecular weight excluding hydrogens is 224 g/mol. The van der Waals surface area contributed by atoms with Gasteiger partial charge in [-0.25, -0.2) is 0 Å². The van der Waals surface area contributed by atoms with Crippen molar-refractivity contribution in [3.63, 3.8) is 0 Å². The van der Waals surface area contributed by atoms with Crippen molar-refractivity contribution < 1.29 is 0 Å². The molecule has 0 nitrogen and oxygen atoms in total. The SMILES string of the molecule is SCCCCCCCCCCCC1=CCC=C1. The van der Waals surface area contributed by atoms with Gasteiger partial charge in [-0.15, -0.1) is 0 Å². The highest BCUT2D eigenvalue weighted by Crippen LogP contribution is 2.17. The fourth-order valence-corrected chi connectivity index (χ4v) is 2.59. The summed E-state index contributed by atoms with van der Waals surface area (Å²) in [7, 11) is 0. The van der Waals surface area contributed by atoms with Crippen molar-refractivity contribution in [2.75, 3.05) is 5.75 Å². The van der Waals surface area contributed by atoms with Crippen LogP contribution in [0.25, 0.3) is 0 Å². The average Bonchev–Trinajstić information content (AvgIpc) is 2.85. The molecule has 17 heavy (non-hydrogen) atoms. The predicted octanol–water partition coefficient (Wildman–Crippen LogP) is 5.70. The Bertz CT molecular complexity index is 228. The van der Waals surface area contributed by atoms with Crippen LogP contribution in [0.2, 0.25) is 0 Å². The van der Waals surface area contributed by atoms with E-state index in [0.717, 1.165) is 5.75 Å². The number of unbranched alkanes of at least 4 members (excludes halogenated alkanes) is 8. The number of allylic oxidation sites excluding steroid dienone is 4. The average molecular weight is 252 g/mol. The molecule has 1 heteroatoms. The lowest BCUT2D eigenvalue weighted by Crippen LogP contribution is -1.83. The van der Waals surface area contributed by atoms with E-state index in [4.69, 9.17) is 0 Å². The quantitative estimate of drug-likeness (QED) is 0.354. The second-order valence-electron chi connectivity index (χ2n) is 5.07. The fraction of sp³-hybridized carbons (Fsp3) is 0.750. The first kappa shape index (κ1) is 14.9. The molecule has 98 valence electrons. The normalized spacial score (nSPS) is 14.3. The standard InChI is InChI=1S/C16H28S/c17-15-11-7-5-3-1-2-4-6-8-12-16-13-9-10-14-16/h9,13-14,17H,1-8,10-12,15H2. The van der Waals surface area contributed by atoms with Gasteiger partial charge in [-0.2, -0.15) is 12.6 Å². The highest BCUT2D eigenvalue weighted by Gasteiger charge is 1.97. The molecule has 0 unspecified atom stereocenters. The monoisotopic (exact) mass is 252 g/mol. The van der Waals surface area contributed by atoms with Crippen LogP contribution >= 0.6 is 12.6 Å². The third kappa shape index (κ3) is 8.54. The van der Waals surface area contributed by atoms with Gasteiger partial charge in [-0.05, 0) is 31.4 Å². The Morgan fingerprint density at radius 3 is 1.94 bits per heavy atom. The van der Waals surface area contributed by atoms with Gasteiger partial charge in [0, 0.05) is 0 Å². The lowest BCUT2D eigenvalue weighted by molar-refractivity contribution is 0.566. The van der Waals surface area contributed by atoms with Crippen LogP contribution in [-0.2, 0) is 0 Å². The molecule has 0 saturated heterocycles. The molecule has 0 radical (unpaired) electrons. The summed E-state index contributed by atoms with van der Waals surface area (Å²) in [6, 6.07) is 0. The second kappa shape index (κ2) is 11.0. The van der Waals surface area contributed by atoms with Crippen molar-refractivity contribution in [3.8, 4) is 0 Å². The zero-order chi connectivity index (χ0) is 12.2. The molecule has 0 aliphatic heterocycles. The van der Waals surface area contributed by atoms with E-state index in [2.05, 4.69) is 30.9 Å². The van der Waals surface area contributed by atoms with Gasteiger partial charge in [0.05, 0.1) is 0 Å². The van der Waals surface area contributed by atoms with Gasteiger partial charge in [-0.3, -0.25) is 0 Å². The Hall–Kier alpha value is -0.170. The van der Waals surface area contributed by atoms with Gasteiger partial charge in [0.1, 0.15) is 0 Å². The van der Waals surface area contributed by atoms with E-state index in [1.807, 2.05) is 0 Å². The van der Waals surface area contributed by atoms with Crippen LogP contribution in [0.1, 0.15) is 70.6 Å². The molecule has 1 aliphatic carbocycles. The summed E-state index contributed by atoms with van der Waals surface area (Å²) in [5, 5.41) is 0. The molecule has 0 aromatic carbocycles. The summed E-state index contributed by atoms with van der Waals surface area (Å²) in [6.07, 6.45) is 22.0. The molecule has 0 bridgehead atoms. The van der Waals surface area contributed by atoms with Gasteiger partial charge in [0.15, 0.2) is 0 Å². The smallest absolute Gasteiger partial charge is 0.00979 e. The summed E-state index contributed by atoms with van der Waals surface area (Å²) in [5.74, 6) is 1.06. The third-order valence-corrected chi connectivity index (χ3v) is 3.79. The number of hydrogen-bond donors (Lipinski definition) is 1. The minimum Gasteiger partial charge on any atom is -0.179 e. The molecule has 0 aromatic rings. The lowest BCUT2D eigenvalue weighted by Gasteiger charge is -2.02. The minimum atomic E-state index is 1.06. The zero-order valence-corrected chi connectivity index (χ0v) is 12.1. The summed E-state index contributed by atoms with van der Waals surface area (Å²) < 4.78 is 0. The summed E-state index contributed by atoms with van der Waals surface area (Å²) >= 11 is 4.23. The van der Waals surface area contributed by atoms with Crippen molar-refractivity contribution in [3.05, 3.63) is 23.8 Å².